The van der Waals surface area contributed by atoms with Gasteiger partial charge in [0.25, 0.3) is 5.91 Å². The van der Waals surface area contributed by atoms with Crippen LogP contribution in [-0.4, -0.2) is 27.0 Å². The van der Waals surface area contributed by atoms with Crippen molar-refractivity contribution in [3.05, 3.63) is 29.8 Å². The zero-order valence-corrected chi connectivity index (χ0v) is 16.6. The minimum absolute atomic E-state index is 0.175. The van der Waals surface area contributed by atoms with Crippen molar-refractivity contribution in [3.63, 3.8) is 0 Å². The minimum atomic E-state index is -0.175. The molecule has 0 aliphatic carbocycles. The van der Waals surface area contributed by atoms with E-state index in [-0.39, 0.29) is 5.91 Å². The molecule has 2 aromatic heterocycles. The fourth-order valence-electron chi connectivity index (χ4n) is 3.12. The number of amides is 1. The lowest BCUT2D eigenvalue weighted by Crippen LogP contribution is -2.26. The second-order valence-corrected chi connectivity index (χ2v) is 7.92. The zero-order valence-electron chi connectivity index (χ0n) is 16.6. The van der Waals surface area contributed by atoms with E-state index < -0.39 is 0 Å². The van der Waals surface area contributed by atoms with Gasteiger partial charge in [-0.2, -0.15) is 0 Å². The number of nitrogens with zero attached hydrogens (tertiary/aromatic N) is 3. The molecule has 0 radical (unpaired) electrons. The number of rotatable bonds is 7. The summed E-state index contributed by atoms with van der Waals surface area (Å²) < 4.78 is 1.94. The van der Waals surface area contributed by atoms with Crippen LogP contribution in [-0.2, 0) is 6.54 Å². The molecule has 1 amide bonds. The van der Waals surface area contributed by atoms with Gasteiger partial charge in [0.05, 0.1) is 11.0 Å². The van der Waals surface area contributed by atoms with E-state index in [1.807, 2.05) is 28.8 Å². The van der Waals surface area contributed by atoms with E-state index in [1.165, 1.54) is 0 Å². The van der Waals surface area contributed by atoms with Gasteiger partial charge in [0.15, 0.2) is 5.65 Å². The molecule has 0 unspecified atom stereocenters. The lowest BCUT2D eigenvalue weighted by atomic mass is 10.1. The highest BCUT2D eigenvalue weighted by molar-refractivity contribution is 6.10. The first-order valence-electron chi connectivity index (χ1n) is 9.71. The Morgan fingerprint density at radius 3 is 2.33 bits per heavy atom. The van der Waals surface area contributed by atoms with E-state index in [4.69, 9.17) is 15.7 Å². The number of carbonyl (C=O) groups is 1. The van der Waals surface area contributed by atoms with Crippen LogP contribution in [0.1, 0.15) is 50.9 Å². The molecule has 0 aliphatic heterocycles. The summed E-state index contributed by atoms with van der Waals surface area (Å²) in [5, 5.41) is 2.99. The molecule has 6 heteroatoms. The molecule has 3 rings (SSSR count). The van der Waals surface area contributed by atoms with Gasteiger partial charge in [0.2, 0.25) is 0 Å². The quantitative estimate of drug-likeness (QED) is 0.661. The summed E-state index contributed by atoms with van der Waals surface area (Å²) in [6, 6.07) is 7.70. The number of hydrogen-bond donors (Lipinski definition) is 2. The van der Waals surface area contributed by atoms with Crippen LogP contribution in [0.3, 0.4) is 0 Å². The van der Waals surface area contributed by atoms with Crippen molar-refractivity contribution in [2.75, 3.05) is 12.3 Å². The SMILES string of the molecule is CC(C)CCNC(=O)c1c(N)n(CCC(C)C)c2nc3ccccc3nc12. The van der Waals surface area contributed by atoms with E-state index in [1.54, 1.807) is 0 Å². The number of nitrogens with one attached hydrogen (secondary N) is 1. The van der Waals surface area contributed by atoms with Crippen molar-refractivity contribution in [2.45, 2.75) is 47.1 Å². The molecule has 0 bridgehead atoms. The van der Waals surface area contributed by atoms with Gasteiger partial charge in [0.1, 0.15) is 16.9 Å². The van der Waals surface area contributed by atoms with Crippen LogP contribution in [0.2, 0.25) is 0 Å². The van der Waals surface area contributed by atoms with Crippen molar-refractivity contribution in [1.82, 2.24) is 19.9 Å². The number of fused-ring (bicyclic) bond motifs is 2. The van der Waals surface area contributed by atoms with Crippen LogP contribution in [0, 0.1) is 11.8 Å². The van der Waals surface area contributed by atoms with E-state index in [0.717, 1.165) is 23.9 Å². The van der Waals surface area contributed by atoms with Crippen molar-refractivity contribution in [2.24, 2.45) is 11.8 Å². The third-order valence-corrected chi connectivity index (χ3v) is 4.76. The summed E-state index contributed by atoms with van der Waals surface area (Å²) >= 11 is 0. The monoisotopic (exact) mass is 367 g/mol. The van der Waals surface area contributed by atoms with Crippen LogP contribution in [0.25, 0.3) is 22.2 Å². The van der Waals surface area contributed by atoms with E-state index in [9.17, 15) is 4.79 Å². The molecule has 6 nitrogen and oxygen atoms in total. The summed E-state index contributed by atoms with van der Waals surface area (Å²) in [5.41, 5.74) is 9.69. The van der Waals surface area contributed by atoms with Gasteiger partial charge < -0.3 is 15.6 Å². The maximum Gasteiger partial charge on any atom is 0.257 e. The Balaban J connectivity index is 2.08. The highest BCUT2D eigenvalue weighted by Gasteiger charge is 2.23. The molecule has 3 aromatic rings. The van der Waals surface area contributed by atoms with Crippen molar-refractivity contribution in [1.29, 1.82) is 0 Å². The van der Waals surface area contributed by atoms with Crippen molar-refractivity contribution < 1.29 is 4.79 Å². The van der Waals surface area contributed by atoms with Crippen molar-refractivity contribution in [3.8, 4) is 0 Å². The van der Waals surface area contributed by atoms with E-state index >= 15 is 0 Å². The van der Waals surface area contributed by atoms with Crippen LogP contribution in [0.15, 0.2) is 24.3 Å². The van der Waals surface area contributed by atoms with Gasteiger partial charge in [-0.25, -0.2) is 9.97 Å². The fraction of sp³-hybridized carbons (Fsp3) is 0.476. The Kier molecular flexibility index (Phi) is 5.63. The predicted molar refractivity (Wildman–Crippen MR) is 111 cm³/mol. The zero-order chi connectivity index (χ0) is 19.6. The molecule has 0 saturated heterocycles. The Morgan fingerprint density at radius 2 is 1.70 bits per heavy atom. The summed E-state index contributed by atoms with van der Waals surface area (Å²) in [7, 11) is 0. The fourth-order valence-corrected chi connectivity index (χ4v) is 3.12. The summed E-state index contributed by atoms with van der Waals surface area (Å²) in [6.45, 7) is 9.94. The summed E-state index contributed by atoms with van der Waals surface area (Å²) in [4.78, 5) is 22.4. The third kappa shape index (κ3) is 4.04. The van der Waals surface area contributed by atoms with E-state index in [0.29, 0.717) is 47.5 Å². The van der Waals surface area contributed by atoms with Crippen LogP contribution in [0.4, 0.5) is 5.82 Å². The number of benzene rings is 1. The normalized spacial score (nSPS) is 11.8. The number of carbonyl (C=O) groups excluding carboxylic acids is 1. The van der Waals surface area contributed by atoms with Gasteiger partial charge >= 0.3 is 0 Å². The Bertz CT molecular complexity index is 958. The van der Waals surface area contributed by atoms with Gasteiger partial charge in [-0.15, -0.1) is 0 Å². The molecule has 0 saturated carbocycles. The lowest BCUT2D eigenvalue weighted by Gasteiger charge is -2.10. The number of nitrogen functional groups attached to an aromatic ring is 1. The first kappa shape index (κ1) is 19.1. The second-order valence-electron chi connectivity index (χ2n) is 7.92. The topological polar surface area (TPSA) is 85.8 Å². The largest absolute Gasteiger partial charge is 0.384 e. The minimum Gasteiger partial charge on any atom is -0.384 e. The van der Waals surface area contributed by atoms with Crippen molar-refractivity contribution >= 4 is 33.9 Å². The second kappa shape index (κ2) is 7.94. The van der Waals surface area contributed by atoms with Crippen LogP contribution in [0.5, 0.6) is 0 Å². The predicted octanol–water partition coefficient (Wildman–Crippen LogP) is 3.99. The molecular formula is C21H29N5O. The van der Waals surface area contributed by atoms with Crippen LogP contribution < -0.4 is 11.1 Å². The smallest absolute Gasteiger partial charge is 0.257 e. The molecule has 0 atom stereocenters. The molecule has 0 fully saturated rings. The van der Waals surface area contributed by atoms with Gasteiger partial charge in [0, 0.05) is 13.1 Å². The average Bonchev–Trinajstić information content (AvgIpc) is 2.88. The highest BCUT2D eigenvalue weighted by Crippen LogP contribution is 2.28. The Labute approximate surface area is 160 Å². The molecule has 3 N–H and O–H groups in total. The standard InChI is InChI=1S/C21H29N5O/c1-13(2)9-11-23-21(27)17-18-20(26(19(17)22)12-10-14(3)4)25-16-8-6-5-7-15(16)24-18/h5-8,13-14H,9-12,22H2,1-4H3,(H,23,27). The maximum atomic E-state index is 12.9. The Morgan fingerprint density at radius 1 is 1.07 bits per heavy atom. The van der Waals surface area contributed by atoms with Gasteiger partial charge in [-0.3, -0.25) is 4.79 Å². The molecule has 0 spiro atoms. The number of anilines is 1. The number of hydrogen-bond acceptors (Lipinski definition) is 4. The van der Waals surface area contributed by atoms with Gasteiger partial charge in [-0.05, 0) is 36.8 Å². The number of nitrogens with two attached hydrogens (primary N) is 1. The van der Waals surface area contributed by atoms with Gasteiger partial charge in [-0.1, -0.05) is 39.8 Å². The molecule has 0 aliphatic rings. The number of aromatic nitrogens is 3. The molecule has 144 valence electrons. The summed E-state index contributed by atoms with van der Waals surface area (Å²) in [6.07, 6.45) is 1.88. The molecular weight excluding hydrogens is 338 g/mol. The summed E-state index contributed by atoms with van der Waals surface area (Å²) in [5.74, 6) is 1.33. The molecule has 1 aromatic carbocycles. The third-order valence-electron chi connectivity index (χ3n) is 4.76. The maximum absolute atomic E-state index is 12.9. The number of aryl methyl sites for hydroxylation is 1. The average molecular weight is 367 g/mol. The van der Waals surface area contributed by atoms with E-state index in [2.05, 4.69) is 33.0 Å². The lowest BCUT2D eigenvalue weighted by molar-refractivity contribution is 0.0954. The first-order valence-corrected chi connectivity index (χ1v) is 9.71. The highest BCUT2D eigenvalue weighted by atomic mass is 16.1. The van der Waals surface area contributed by atoms with Crippen LogP contribution >= 0.6 is 0 Å². The Hall–Kier alpha value is -2.63. The molecule has 2 heterocycles. The first-order chi connectivity index (χ1) is 12.9. The number of para-hydroxylation sites is 2. The molecule has 27 heavy (non-hydrogen) atoms.